The van der Waals surface area contributed by atoms with Crippen molar-refractivity contribution in [1.29, 1.82) is 0 Å². The van der Waals surface area contributed by atoms with Gasteiger partial charge in [-0.1, -0.05) is 11.6 Å². The van der Waals surface area contributed by atoms with Crippen LogP contribution in [0, 0.1) is 0 Å². The minimum atomic E-state index is -0.314. The third kappa shape index (κ3) is 2.64. The summed E-state index contributed by atoms with van der Waals surface area (Å²) in [5, 5.41) is 8.23. The summed E-state index contributed by atoms with van der Waals surface area (Å²) in [6.45, 7) is 1.91. The fourth-order valence-electron chi connectivity index (χ4n) is 1.27. The molecule has 0 unspecified atom stereocenters. The molecule has 1 heterocycles. The zero-order chi connectivity index (χ0) is 8.97. The summed E-state index contributed by atoms with van der Waals surface area (Å²) >= 11 is 0. The van der Waals surface area contributed by atoms with Crippen molar-refractivity contribution in [2.24, 2.45) is 0 Å². The second-order valence-electron chi connectivity index (χ2n) is 3.09. The van der Waals surface area contributed by atoms with Gasteiger partial charge in [-0.15, -0.1) is 0 Å². The van der Waals surface area contributed by atoms with E-state index >= 15 is 0 Å². The van der Waals surface area contributed by atoms with Crippen LogP contribution in [-0.2, 0) is 4.79 Å². The topological polar surface area (TPSA) is 52.6 Å². The number of rotatable bonds is 3. The Hall–Kier alpha value is -0.870. The monoisotopic (exact) mass is 170 g/mol. The summed E-state index contributed by atoms with van der Waals surface area (Å²) in [5.74, 6) is -0.314. The smallest absolute Gasteiger partial charge is 0.243 e. The van der Waals surface area contributed by atoms with E-state index in [2.05, 4.69) is 11.0 Å². The van der Waals surface area contributed by atoms with Gasteiger partial charge in [-0.2, -0.15) is 0 Å². The summed E-state index contributed by atoms with van der Waals surface area (Å²) in [6, 6.07) is 0. The molecule has 4 heteroatoms. The molecular weight excluding hydrogens is 156 g/mol. The Labute approximate surface area is 71.8 Å². The molecule has 0 aliphatic carbocycles. The van der Waals surface area contributed by atoms with Crippen LogP contribution in [0.25, 0.3) is 0 Å². The highest BCUT2D eigenvalue weighted by Gasteiger charge is 2.10. The Bertz CT molecular complexity index is 201. The first kappa shape index (κ1) is 9.22. The number of hydrogen-bond donors (Lipinski definition) is 2. The van der Waals surface area contributed by atoms with E-state index in [4.69, 9.17) is 5.21 Å². The Morgan fingerprint density at radius 2 is 2.58 bits per heavy atom. The quantitative estimate of drug-likeness (QED) is 0.360. The molecule has 68 valence electrons. The number of likely N-dealkylation sites (N-methyl/N-ethyl adjacent to an activating group) is 1. The molecule has 1 aliphatic rings. The van der Waals surface area contributed by atoms with Gasteiger partial charge in [0.25, 0.3) is 0 Å². The van der Waals surface area contributed by atoms with Gasteiger partial charge in [0.15, 0.2) is 0 Å². The van der Waals surface area contributed by atoms with Crippen LogP contribution in [0.5, 0.6) is 0 Å². The molecule has 0 saturated carbocycles. The van der Waals surface area contributed by atoms with Crippen molar-refractivity contribution in [3.8, 4) is 0 Å². The number of hydroxylamine groups is 1. The highest BCUT2D eigenvalue weighted by Crippen LogP contribution is 2.12. The van der Waals surface area contributed by atoms with Crippen molar-refractivity contribution < 1.29 is 10.0 Å². The second kappa shape index (κ2) is 4.23. The number of amides is 1. The summed E-state index contributed by atoms with van der Waals surface area (Å²) in [6.07, 6.45) is 3.25. The van der Waals surface area contributed by atoms with E-state index < -0.39 is 0 Å². The van der Waals surface area contributed by atoms with E-state index in [1.165, 1.54) is 5.57 Å². The van der Waals surface area contributed by atoms with Gasteiger partial charge >= 0.3 is 0 Å². The van der Waals surface area contributed by atoms with Crippen LogP contribution in [0.3, 0.4) is 0 Å². The molecule has 0 spiro atoms. The minimum absolute atomic E-state index is 0.314. The van der Waals surface area contributed by atoms with Crippen LogP contribution in [0.1, 0.15) is 12.8 Å². The zero-order valence-corrected chi connectivity index (χ0v) is 7.21. The zero-order valence-electron chi connectivity index (χ0n) is 7.21. The largest absolute Gasteiger partial charge is 0.299 e. The first-order valence-corrected chi connectivity index (χ1v) is 4.01. The first-order chi connectivity index (χ1) is 5.72. The molecule has 2 N–H and O–H groups in total. The number of nitrogens with one attached hydrogen (secondary N) is 1. The van der Waals surface area contributed by atoms with E-state index in [0.717, 1.165) is 19.5 Å². The molecule has 12 heavy (non-hydrogen) atoms. The first-order valence-electron chi connectivity index (χ1n) is 4.01. The molecule has 4 nitrogen and oxygen atoms in total. The molecule has 0 radical (unpaired) electrons. The maximum absolute atomic E-state index is 10.6. The molecule has 0 aromatic carbocycles. The predicted molar refractivity (Wildman–Crippen MR) is 44.7 cm³/mol. The van der Waals surface area contributed by atoms with Crippen molar-refractivity contribution in [2.75, 3.05) is 20.1 Å². The maximum atomic E-state index is 10.6. The normalized spacial score (nSPS) is 17.7. The van der Waals surface area contributed by atoms with E-state index in [0.29, 0.717) is 6.42 Å². The SMILES string of the molecule is CN1CC=C(CCC(=O)NO)C1. The fraction of sp³-hybridized carbons (Fsp3) is 0.625. The van der Waals surface area contributed by atoms with Gasteiger partial charge in [0.05, 0.1) is 0 Å². The van der Waals surface area contributed by atoms with Gasteiger partial charge in [-0.3, -0.25) is 14.9 Å². The van der Waals surface area contributed by atoms with Crippen molar-refractivity contribution in [3.63, 3.8) is 0 Å². The molecule has 0 bridgehead atoms. The average molecular weight is 170 g/mol. The van der Waals surface area contributed by atoms with Gasteiger partial charge in [-0.25, -0.2) is 5.48 Å². The Morgan fingerprint density at radius 3 is 3.08 bits per heavy atom. The van der Waals surface area contributed by atoms with Crippen molar-refractivity contribution >= 4 is 5.91 Å². The Balaban J connectivity index is 2.20. The lowest BCUT2D eigenvalue weighted by Gasteiger charge is -2.06. The molecule has 1 rings (SSSR count). The van der Waals surface area contributed by atoms with Crippen LogP contribution < -0.4 is 5.48 Å². The van der Waals surface area contributed by atoms with E-state index in [9.17, 15) is 4.79 Å². The maximum Gasteiger partial charge on any atom is 0.243 e. The van der Waals surface area contributed by atoms with Crippen LogP contribution in [0.4, 0.5) is 0 Å². The minimum Gasteiger partial charge on any atom is -0.299 e. The van der Waals surface area contributed by atoms with E-state index in [1.54, 1.807) is 5.48 Å². The van der Waals surface area contributed by atoms with Crippen molar-refractivity contribution in [3.05, 3.63) is 11.6 Å². The van der Waals surface area contributed by atoms with Crippen molar-refractivity contribution in [1.82, 2.24) is 10.4 Å². The lowest BCUT2D eigenvalue weighted by molar-refractivity contribution is -0.129. The Morgan fingerprint density at radius 1 is 1.83 bits per heavy atom. The predicted octanol–water partition coefficient (Wildman–Crippen LogP) is 0.144. The molecule has 0 aromatic heterocycles. The number of hydrogen-bond acceptors (Lipinski definition) is 3. The third-order valence-corrected chi connectivity index (χ3v) is 1.96. The highest BCUT2D eigenvalue weighted by molar-refractivity contribution is 5.74. The lowest BCUT2D eigenvalue weighted by atomic mass is 10.1. The molecule has 0 aromatic rings. The Kier molecular flexibility index (Phi) is 3.25. The van der Waals surface area contributed by atoms with Gasteiger partial charge in [0, 0.05) is 19.5 Å². The number of nitrogens with zero attached hydrogens (tertiary/aromatic N) is 1. The van der Waals surface area contributed by atoms with Crippen LogP contribution in [0.2, 0.25) is 0 Å². The van der Waals surface area contributed by atoms with Crippen molar-refractivity contribution in [2.45, 2.75) is 12.8 Å². The van der Waals surface area contributed by atoms with Crippen LogP contribution >= 0.6 is 0 Å². The number of carbonyl (C=O) groups excluding carboxylic acids is 1. The molecular formula is C8H14N2O2. The standard InChI is InChI=1S/C8H14N2O2/c1-10-5-4-7(6-10)2-3-8(11)9-12/h4,12H,2-3,5-6H2,1H3,(H,9,11). The molecule has 0 fully saturated rings. The third-order valence-electron chi connectivity index (χ3n) is 1.96. The lowest BCUT2D eigenvalue weighted by Crippen LogP contribution is -2.19. The summed E-state index contributed by atoms with van der Waals surface area (Å²) in [7, 11) is 2.04. The van der Waals surface area contributed by atoms with Gasteiger partial charge < -0.3 is 0 Å². The van der Waals surface area contributed by atoms with Gasteiger partial charge in [0.1, 0.15) is 0 Å². The molecule has 1 aliphatic heterocycles. The van der Waals surface area contributed by atoms with E-state index in [-0.39, 0.29) is 5.91 Å². The molecule has 0 saturated heterocycles. The van der Waals surface area contributed by atoms with Crippen LogP contribution in [0.15, 0.2) is 11.6 Å². The van der Waals surface area contributed by atoms with Gasteiger partial charge in [-0.05, 0) is 13.5 Å². The summed E-state index contributed by atoms with van der Waals surface area (Å²) in [4.78, 5) is 12.8. The highest BCUT2D eigenvalue weighted by atomic mass is 16.5. The van der Waals surface area contributed by atoms with Gasteiger partial charge in [0.2, 0.25) is 5.91 Å². The fourth-order valence-corrected chi connectivity index (χ4v) is 1.27. The average Bonchev–Trinajstić information content (AvgIpc) is 2.47. The van der Waals surface area contributed by atoms with Crippen LogP contribution in [-0.4, -0.2) is 36.2 Å². The molecule has 0 atom stereocenters. The molecule has 1 amide bonds. The number of carbonyl (C=O) groups is 1. The summed E-state index contributed by atoms with van der Waals surface area (Å²) in [5.41, 5.74) is 2.90. The summed E-state index contributed by atoms with van der Waals surface area (Å²) < 4.78 is 0. The van der Waals surface area contributed by atoms with E-state index in [1.807, 2.05) is 7.05 Å². The second-order valence-corrected chi connectivity index (χ2v) is 3.09.